The third-order valence-corrected chi connectivity index (χ3v) is 1.94. The largest absolute Gasteiger partial charge is 0.307 e. The minimum atomic E-state index is 1.23. The quantitative estimate of drug-likeness (QED) is 0.498. The van der Waals surface area contributed by atoms with E-state index >= 15 is 0 Å². The molecule has 0 unspecified atom stereocenters. The molecule has 0 radical (unpaired) electrons. The van der Waals surface area contributed by atoms with E-state index in [0.717, 1.165) is 0 Å². The Balaban J connectivity index is 0.000000461. The fraction of sp³-hybridized carbons (Fsp3) is 0.875. The fourth-order valence-corrected chi connectivity index (χ4v) is 1.18. The first-order chi connectivity index (χ1) is 5.29. The minimum Gasteiger partial charge on any atom is -0.307 e. The fourth-order valence-electron chi connectivity index (χ4n) is 1.18. The van der Waals surface area contributed by atoms with E-state index in [-0.39, 0.29) is 0 Å². The van der Waals surface area contributed by atoms with Crippen LogP contribution >= 0.6 is 0 Å². The Morgan fingerprint density at radius 3 is 1.64 bits per heavy atom. The summed E-state index contributed by atoms with van der Waals surface area (Å²) in [5.74, 6) is 0. The summed E-state index contributed by atoms with van der Waals surface area (Å²) in [5, 5.41) is 0. The predicted molar refractivity (Wildman–Crippen MR) is 46.7 cm³/mol. The number of hydrogen-bond acceptors (Lipinski definition) is 3. The van der Waals surface area contributed by atoms with E-state index in [9.17, 15) is 0 Å². The lowest BCUT2D eigenvalue weighted by atomic mass is 10.4. The Morgan fingerprint density at radius 2 is 1.27 bits per heavy atom. The first-order valence-electron chi connectivity index (χ1n) is 3.95. The van der Waals surface area contributed by atoms with Crippen molar-refractivity contribution in [3.8, 4) is 0 Å². The van der Waals surface area contributed by atoms with Crippen LogP contribution in [-0.2, 0) is 4.79 Å². The highest BCUT2D eigenvalue weighted by molar-refractivity contribution is 5.10. The van der Waals surface area contributed by atoms with Crippen molar-refractivity contribution >= 4 is 6.79 Å². The Morgan fingerprint density at radius 1 is 0.909 bits per heavy atom. The van der Waals surface area contributed by atoms with Crippen molar-refractivity contribution in [2.45, 2.75) is 6.42 Å². The highest BCUT2D eigenvalue weighted by Gasteiger charge is 2.06. The van der Waals surface area contributed by atoms with Crippen LogP contribution in [0.15, 0.2) is 0 Å². The topological polar surface area (TPSA) is 23.6 Å². The molecule has 0 spiro atoms. The lowest BCUT2D eigenvalue weighted by Gasteiger charge is -2.13. The van der Waals surface area contributed by atoms with Gasteiger partial charge in [0.1, 0.15) is 6.79 Å². The number of nitrogens with zero attached hydrogens (tertiary/aromatic N) is 2. The zero-order valence-corrected chi connectivity index (χ0v) is 7.55. The number of rotatable bonds is 0. The molecular weight excluding hydrogens is 140 g/mol. The number of carbonyl (C=O) groups excluding carboxylic acids is 1. The molecule has 0 aromatic heterocycles. The van der Waals surface area contributed by atoms with E-state index in [1.807, 2.05) is 6.79 Å². The third kappa shape index (κ3) is 4.93. The Hall–Kier alpha value is -0.410. The summed E-state index contributed by atoms with van der Waals surface area (Å²) in [7, 11) is 4.39. The van der Waals surface area contributed by atoms with Gasteiger partial charge in [0.25, 0.3) is 0 Å². The van der Waals surface area contributed by atoms with Gasteiger partial charge in [-0.05, 0) is 33.6 Å². The zero-order chi connectivity index (χ0) is 8.69. The van der Waals surface area contributed by atoms with Crippen molar-refractivity contribution < 1.29 is 4.79 Å². The van der Waals surface area contributed by atoms with Gasteiger partial charge in [0.2, 0.25) is 0 Å². The average Bonchev–Trinajstić information content (AvgIpc) is 2.20. The Labute approximate surface area is 69.0 Å². The summed E-state index contributed by atoms with van der Waals surface area (Å²) >= 11 is 0. The monoisotopic (exact) mass is 158 g/mol. The number of likely N-dealkylation sites (N-methyl/N-ethyl adjacent to an activating group) is 2. The van der Waals surface area contributed by atoms with Crippen LogP contribution in [0, 0.1) is 0 Å². The third-order valence-electron chi connectivity index (χ3n) is 1.94. The highest BCUT2D eigenvalue weighted by atomic mass is 16.1. The average molecular weight is 158 g/mol. The van der Waals surface area contributed by atoms with Gasteiger partial charge in [-0.25, -0.2) is 0 Å². The van der Waals surface area contributed by atoms with Gasteiger partial charge in [-0.1, -0.05) is 0 Å². The second kappa shape index (κ2) is 6.31. The van der Waals surface area contributed by atoms with Gasteiger partial charge in [-0.3, -0.25) is 0 Å². The number of carbonyl (C=O) groups is 1. The molecule has 1 fully saturated rings. The summed E-state index contributed by atoms with van der Waals surface area (Å²) in [6.07, 6.45) is 1.33. The molecule has 0 N–H and O–H groups in total. The van der Waals surface area contributed by atoms with Crippen molar-refractivity contribution in [2.24, 2.45) is 0 Å². The molecule has 0 saturated carbocycles. The van der Waals surface area contributed by atoms with E-state index in [4.69, 9.17) is 4.79 Å². The summed E-state index contributed by atoms with van der Waals surface area (Å²) in [6, 6.07) is 0. The number of hydrogen-bond donors (Lipinski definition) is 0. The Bertz CT molecular complexity index is 88.1. The van der Waals surface area contributed by atoms with Gasteiger partial charge in [-0.2, -0.15) is 0 Å². The molecule has 1 heterocycles. The first-order valence-corrected chi connectivity index (χ1v) is 3.95. The van der Waals surface area contributed by atoms with Gasteiger partial charge >= 0.3 is 0 Å². The lowest BCUT2D eigenvalue weighted by Crippen LogP contribution is -2.25. The van der Waals surface area contributed by atoms with E-state index < -0.39 is 0 Å². The molecule has 3 nitrogen and oxygen atoms in total. The van der Waals surface area contributed by atoms with Crippen LogP contribution in [0.3, 0.4) is 0 Å². The maximum atomic E-state index is 8.00. The standard InChI is InChI=1S/C7H16N2.CH2O/c1-8-4-3-5-9(2)7-6-8;1-2/h3-7H2,1-2H3;1H2. The molecule has 0 aromatic carbocycles. The van der Waals surface area contributed by atoms with Crippen LogP contribution in [0.25, 0.3) is 0 Å². The molecule has 1 rings (SSSR count). The van der Waals surface area contributed by atoms with E-state index in [1.54, 1.807) is 0 Å². The molecular formula is C8H18N2O. The van der Waals surface area contributed by atoms with Gasteiger partial charge in [0.15, 0.2) is 0 Å². The van der Waals surface area contributed by atoms with Gasteiger partial charge < -0.3 is 14.6 Å². The summed E-state index contributed by atoms with van der Waals surface area (Å²) in [6.45, 7) is 7.00. The second-order valence-corrected chi connectivity index (χ2v) is 2.96. The van der Waals surface area contributed by atoms with E-state index in [0.29, 0.717) is 0 Å². The molecule has 1 aliphatic rings. The SMILES string of the molecule is C=O.CN1CCCN(C)CC1. The van der Waals surface area contributed by atoms with Crippen LogP contribution in [0.4, 0.5) is 0 Å². The molecule has 1 aliphatic heterocycles. The van der Waals surface area contributed by atoms with Crippen molar-refractivity contribution in [1.29, 1.82) is 0 Å². The molecule has 11 heavy (non-hydrogen) atoms. The second-order valence-electron chi connectivity index (χ2n) is 2.96. The zero-order valence-electron chi connectivity index (χ0n) is 7.55. The summed E-state index contributed by atoms with van der Waals surface area (Å²) in [5.41, 5.74) is 0. The van der Waals surface area contributed by atoms with Crippen molar-refractivity contribution in [3.63, 3.8) is 0 Å². The molecule has 1 saturated heterocycles. The van der Waals surface area contributed by atoms with Crippen LogP contribution in [0.5, 0.6) is 0 Å². The van der Waals surface area contributed by atoms with Crippen LogP contribution in [0.1, 0.15) is 6.42 Å². The van der Waals surface area contributed by atoms with E-state index in [2.05, 4.69) is 23.9 Å². The van der Waals surface area contributed by atoms with Crippen LogP contribution < -0.4 is 0 Å². The summed E-state index contributed by atoms with van der Waals surface area (Å²) < 4.78 is 0. The normalized spacial score (nSPS) is 21.6. The van der Waals surface area contributed by atoms with Crippen molar-refractivity contribution in [3.05, 3.63) is 0 Å². The van der Waals surface area contributed by atoms with Crippen LogP contribution in [-0.4, -0.2) is 56.9 Å². The highest BCUT2D eigenvalue weighted by Crippen LogP contribution is 1.96. The van der Waals surface area contributed by atoms with E-state index in [1.165, 1.54) is 32.6 Å². The minimum absolute atomic E-state index is 1.23. The van der Waals surface area contributed by atoms with Gasteiger partial charge in [0.05, 0.1) is 0 Å². The molecule has 0 atom stereocenters. The molecule has 66 valence electrons. The molecule has 0 aliphatic carbocycles. The molecule has 0 bridgehead atoms. The molecule has 0 aromatic rings. The smallest absolute Gasteiger partial charge is 0.106 e. The maximum Gasteiger partial charge on any atom is 0.106 e. The predicted octanol–water partition coefficient (Wildman–Crippen LogP) is 0.0688. The lowest BCUT2D eigenvalue weighted by molar-refractivity contribution is -0.0979. The van der Waals surface area contributed by atoms with Gasteiger partial charge in [-0.15, -0.1) is 0 Å². The van der Waals surface area contributed by atoms with Crippen LogP contribution in [0.2, 0.25) is 0 Å². The first kappa shape index (κ1) is 10.6. The molecule has 3 heteroatoms. The summed E-state index contributed by atoms with van der Waals surface area (Å²) in [4.78, 5) is 12.8. The Kier molecular flexibility index (Phi) is 6.07. The molecule has 0 amide bonds. The maximum absolute atomic E-state index is 8.00. The van der Waals surface area contributed by atoms with Crippen molar-refractivity contribution in [1.82, 2.24) is 9.80 Å². The van der Waals surface area contributed by atoms with Gasteiger partial charge in [0, 0.05) is 13.1 Å². The van der Waals surface area contributed by atoms with Crippen molar-refractivity contribution in [2.75, 3.05) is 40.3 Å².